The molecule has 1 aromatic carbocycles. The molecule has 0 saturated carbocycles. The molecule has 0 amide bonds. The molecule has 184 valence electrons. The highest BCUT2D eigenvalue weighted by Crippen LogP contribution is 2.29. The predicted molar refractivity (Wildman–Crippen MR) is 118 cm³/mol. The van der Waals surface area contributed by atoms with Gasteiger partial charge >= 0.3 is 12.1 Å². The first-order valence-electron chi connectivity index (χ1n) is 11.6. The fraction of sp³-hybridized carbons (Fsp3) is 0.708. The molecule has 0 saturated heterocycles. The van der Waals surface area contributed by atoms with Crippen LogP contribution in [0.15, 0.2) is 24.3 Å². The van der Waals surface area contributed by atoms with Gasteiger partial charge in [0.05, 0.1) is 5.56 Å². The highest BCUT2D eigenvalue weighted by Gasteiger charge is 2.28. The number of hydrogen-bond donors (Lipinski definition) is 2. The standard InChI is InChI=1S/C24H36F5NO2/c25-23(26,17-9-7-10-18-24(27,28)29)16-8-5-3-1-2-4-6-11-19-30-21-14-12-20(13-15-21)22(31)32/h12-15,30H,1-11,16-19H2,(H,31,32). The summed E-state index contributed by atoms with van der Waals surface area (Å²) in [5, 5.41) is 12.1. The van der Waals surface area contributed by atoms with Gasteiger partial charge in [0.25, 0.3) is 0 Å². The molecule has 8 heteroatoms. The summed E-state index contributed by atoms with van der Waals surface area (Å²) in [6.07, 6.45) is 2.10. The van der Waals surface area contributed by atoms with E-state index in [2.05, 4.69) is 5.32 Å². The highest BCUT2D eigenvalue weighted by molar-refractivity contribution is 5.87. The molecule has 0 aliphatic carbocycles. The maximum Gasteiger partial charge on any atom is 0.389 e. The molecule has 0 aliphatic rings. The number of halogens is 5. The molecule has 0 atom stereocenters. The van der Waals surface area contributed by atoms with Crippen LogP contribution in [-0.4, -0.2) is 29.7 Å². The Morgan fingerprint density at radius 3 is 1.62 bits per heavy atom. The Bertz CT molecular complexity index is 632. The number of unbranched alkanes of at least 4 members (excludes halogenated alkanes) is 9. The van der Waals surface area contributed by atoms with Crippen molar-refractivity contribution in [2.24, 2.45) is 0 Å². The van der Waals surface area contributed by atoms with Crippen molar-refractivity contribution in [2.45, 2.75) is 102 Å². The lowest BCUT2D eigenvalue weighted by Crippen LogP contribution is -2.15. The van der Waals surface area contributed by atoms with Crippen molar-refractivity contribution in [1.82, 2.24) is 0 Å². The van der Waals surface area contributed by atoms with Crippen LogP contribution in [0.1, 0.15) is 100 Å². The molecule has 0 aromatic heterocycles. The molecule has 1 rings (SSSR count). The number of aromatic carboxylic acids is 1. The van der Waals surface area contributed by atoms with Crippen molar-refractivity contribution in [3.63, 3.8) is 0 Å². The van der Waals surface area contributed by atoms with Gasteiger partial charge < -0.3 is 10.4 Å². The summed E-state index contributed by atoms with van der Waals surface area (Å²) in [7, 11) is 0. The van der Waals surface area contributed by atoms with Gasteiger partial charge in [-0.05, 0) is 49.9 Å². The molecule has 0 bridgehead atoms. The average molecular weight is 466 g/mol. The van der Waals surface area contributed by atoms with Crippen molar-refractivity contribution < 1.29 is 31.9 Å². The molecule has 0 radical (unpaired) electrons. The molecular formula is C24H36F5NO2. The second kappa shape index (κ2) is 15.1. The number of anilines is 1. The van der Waals surface area contributed by atoms with Gasteiger partial charge in [0.2, 0.25) is 5.92 Å². The van der Waals surface area contributed by atoms with Crippen LogP contribution in [0.5, 0.6) is 0 Å². The van der Waals surface area contributed by atoms with E-state index in [-0.39, 0.29) is 37.7 Å². The van der Waals surface area contributed by atoms with Gasteiger partial charge in [-0.15, -0.1) is 0 Å². The quantitative estimate of drug-likeness (QED) is 0.169. The molecule has 0 unspecified atom stereocenters. The lowest BCUT2D eigenvalue weighted by molar-refractivity contribution is -0.135. The second-order valence-corrected chi connectivity index (χ2v) is 8.42. The van der Waals surface area contributed by atoms with Gasteiger partial charge in [-0.2, -0.15) is 13.2 Å². The zero-order valence-corrected chi connectivity index (χ0v) is 18.7. The Labute approximate surface area is 187 Å². The fourth-order valence-electron chi connectivity index (χ4n) is 3.54. The summed E-state index contributed by atoms with van der Waals surface area (Å²) in [5.41, 5.74) is 1.16. The van der Waals surface area contributed by atoms with Crippen LogP contribution in [0, 0.1) is 0 Å². The normalized spacial score (nSPS) is 12.2. The van der Waals surface area contributed by atoms with Crippen molar-refractivity contribution in [1.29, 1.82) is 0 Å². The molecule has 0 aliphatic heterocycles. The van der Waals surface area contributed by atoms with Crippen LogP contribution in [0.2, 0.25) is 0 Å². The topological polar surface area (TPSA) is 49.3 Å². The molecule has 2 N–H and O–H groups in total. The van der Waals surface area contributed by atoms with Gasteiger partial charge in [0.1, 0.15) is 0 Å². The minimum absolute atomic E-state index is 0.0739. The molecule has 0 heterocycles. The lowest BCUT2D eigenvalue weighted by atomic mass is 10.0. The average Bonchev–Trinajstić information content (AvgIpc) is 2.71. The number of benzene rings is 1. The number of hydrogen-bond acceptors (Lipinski definition) is 2. The minimum Gasteiger partial charge on any atom is -0.478 e. The van der Waals surface area contributed by atoms with Gasteiger partial charge in [0.15, 0.2) is 0 Å². The van der Waals surface area contributed by atoms with Crippen LogP contribution in [0.3, 0.4) is 0 Å². The largest absolute Gasteiger partial charge is 0.478 e. The number of carboxylic acid groups (broad SMARTS) is 1. The predicted octanol–water partition coefficient (Wildman–Crippen LogP) is 8.46. The van der Waals surface area contributed by atoms with Gasteiger partial charge in [0, 0.05) is 31.5 Å². The van der Waals surface area contributed by atoms with E-state index in [1.807, 2.05) is 0 Å². The van der Waals surface area contributed by atoms with Crippen LogP contribution in [0.4, 0.5) is 27.6 Å². The number of carbonyl (C=O) groups is 1. The Balaban J connectivity index is 1.92. The molecule has 3 nitrogen and oxygen atoms in total. The summed E-state index contributed by atoms with van der Waals surface area (Å²) in [6.45, 7) is 0.817. The van der Waals surface area contributed by atoms with Gasteiger partial charge in [-0.3, -0.25) is 0 Å². The van der Waals surface area contributed by atoms with Crippen molar-refractivity contribution in [3.05, 3.63) is 29.8 Å². The Kier molecular flexibility index (Phi) is 13.3. The SMILES string of the molecule is O=C(O)c1ccc(NCCCCCCCCCCC(F)(F)CCCCCC(F)(F)F)cc1. The van der Waals surface area contributed by atoms with Crippen molar-refractivity contribution in [2.75, 3.05) is 11.9 Å². The highest BCUT2D eigenvalue weighted by atomic mass is 19.4. The molecule has 1 aromatic rings. The van der Waals surface area contributed by atoms with Crippen LogP contribution >= 0.6 is 0 Å². The van der Waals surface area contributed by atoms with E-state index in [1.54, 1.807) is 24.3 Å². The second-order valence-electron chi connectivity index (χ2n) is 8.42. The van der Waals surface area contributed by atoms with E-state index in [9.17, 15) is 26.7 Å². The first kappa shape index (κ1) is 28.2. The maximum absolute atomic E-state index is 13.8. The number of carboxylic acids is 1. The summed E-state index contributed by atoms with van der Waals surface area (Å²) in [6, 6.07) is 6.64. The third kappa shape index (κ3) is 15.0. The van der Waals surface area contributed by atoms with E-state index in [1.165, 1.54) is 0 Å². The third-order valence-corrected chi connectivity index (χ3v) is 5.43. The van der Waals surface area contributed by atoms with E-state index >= 15 is 0 Å². The summed E-state index contributed by atoms with van der Waals surface area (Å²) < 4.78 is 63.6. The van der Waals surface area contributed by atoms with E-state index in [0.29, 0.717) is 6.42 Å². The first-order valence-corrected chi connectivity index (χ1v) is 11.6. The Morgan fingerprint density at radius 2 is 1.12 bits per heavy atom. The van der Waals surface area contributed by atoms with Crippen molar-refractivity contribution in [3.8, 4) is 0 Å². The van der Waals surface area contributed by atoms with Crippen LogP contribution in [-0.2, 0) is 0 Å². The number of nitrogens with one attached hydrogen (secondary N) is 1. The zero-order chi connectivity index (χ0) is 23.9. The molecule has 0 spiro atoms. The lowest BCUT2D eigenvalue weighted by Gasteiger charge is -2.16. The number of alkyl halides is 5. The first-order chi connectivity index (χ1) is 15.1. The minimum atomic E-state index is -4.20. The third-order valence-electron chi connectivity index (χ3n) is 5.43. The summed E-state index contributed by atoms with van der Waals surface area (Å²) in [4.78, 5) is 10.8. The van der Waals surface area contributed by atoms with Crippen LogP contribution in [0.25, 0.3) is 0 Å². The van der Waals surface area contributed by atoms with Gasteiger partial charge in [-0.1, -0.05) is 44.9 Å². The summed E-state index contributed by atoms with van der Waals surface area (Å²) in [5.74, 6) is -3.71. The van der Waals surface area contributed by atoms with Gasteiger partial charge in [-0.25, -0.2) is 13.6 Å². The zero-order valence-electron chi connectivity index (χ0n) is 18.7. The smallest absolute Gasteiger partial charge is 0.389 e. The fourth-order valence-corrected chi connectivity index (χ4v) is 3.54. The monoisotopic (exact) mass is 465 g/mol. The molecule has 32 heavy (non-hydrogen) atoms. The summed E-state index contributed by atoms with van der Waals surface area (Å²) >= 11 is 0. The Hall–Kier alpha value is -1.86. The van der Waals surface area contributed by atoms with E-state index < -0.39 is 24.5 Å². The molecular weight excluding hydrogens is 429 g/mol. The van der Waals surface area contributed by atoms with E-state index in [0.717, 1.165) is 57.2 Å². The Morgan fingerprint density at radius 1 is 0.688 bits per heavy atom. The van der Waals surface area contributed by atoms with E-state index in [4.69, 9.17) is 5.11 Å². The number of rotatable bonds is 18. The van der Waals surface area contributed by atoms with Crippen molar-refractivity contribution >= 4 is 11.7 Å². The molecule has 0 fully saturated rings. The maximum atomic E-state index is 13.8. The van der Waals surface area contributed by atoms with Crippen LogP contribution < -0.4 is 5.32 Å².